The summed E-state index contributed by atoms with van der Waals surface area (Å²) in [5, 5.41) is 0. The number of benzene rings is 1. The quantitative estimate of drug-likeness (QED) is 0.607. The number of rotatable bonds is 2. The van der Waals surface area contributed by atoms with Gasteiger partial charge in [0.1, 0.15) is 0 Å². The van der Waals surface area contributed by atoms with Crippen LogP contribution in [0.15, 0.2) is 24.3 Å². The normalized spacial score (nSPS) is 15.8. The van der Waals surface area contributed by atoms with Crippen LogP contribution in [0.3, 0.4) is 0 Å². The topological polar surface area (TPSA) is 0 Å². The Morgan fingerprint density at radius 2 is 1.60 bits per heavy atom. The maximum Gasteiger partial charge on any atom is 0.0389 e. The summed E-state index contributed by atoms with van der Waals surface area (Å²) in [4.78, 5) is 3.02. The van der Waals surface area contributed by atoms with Gasteiger partial charge in [-0.1, -0.05) is 59.7 Å². The first kappa shape index (κ1) is 13.9. The van der Waals surface area contributed by atoms with Gasteiger partial charge >= 0.3 is 0 Å². The predicted octanol–water partition coefficient (Wildman–Crippen LogP) is 6.30. The molecule has 0 fully saturated rings. The fraction of sp³-hybridized carbons (Fsp3) is 0.474. The third kappa shape index (κ3) is 1.87. The Morgan fingerprint density at radius 3 is 2.20 bits per heavy atom. The first-order chi connectivity index (χ1) is 9.32. The van der Waals surface area contributed by atoms with Gasteiger partial charge in [-0.2, -0.15) is 0 Å². The molecule has 0 atom stereocenters. The first-order valence-electron chi connectivity index (χ1n) is 7.61. The molecule has 3 rings (SSSR count). The summed E-state index contributed by atoms with van der Waals surface area (Å²) in [5.74, 6) is 1.22. The van der Waals surface area contributed by atoms with Crippen molar-refractivity contribution in [3.63, 3.8) is 0 Å². The second-order valence-electron chi connectivity index (χ2n) is 7.13. The van der Waals surface area contributed by atoms with Crippen LogP contribution in [-0.2, 0) is 5.41 Å². The van der Waals surface area contributed by atoms with Crippen LogP contribution >= 0.6 is 11.3 Å². The Kier molecular flexibility index (Phi) is 3.10. The van der Waals surface area contributed by atoms with Crippen LogP contribution in [0, 0.1) is 0 Å². The lowest BCUT2D eigenvalue weighted by atomic mass is 9.81. The van der Waals surface area contributed by atoms with Crippen molar-refractivity contribution in [2.45, 2.75) is 58.8 Å². The molecule has 0 radical (unpaired) electrons. The minimum absolute atomic E-state index is 0.152. The highest BCUT2D eigenvalue weighted by molar-refractivity contribution is 7.16. The van der Waals surface area contributed by atoms with Gasteiger partial charge in [-0.3, -0.25) is 0 Å². The highest BCUT2D eigenvalue weighted by Crippen LogP contribution is 2.53. The zero-order valence-corrected chi connectivity index (χ0v) is 14.2. The Labute approximate surface area is 126 Å². The van der Waals surface area contributed by atoms with Crippen LogP contribution in [0.5, 0.6) is 0 Å². The minimum Gasteiger partial charge on any atom is -0.140 e. The second-order valence-corrected chi connectivity index (χ2v) is 8.21. The van der Waals surface area contributed by atoms with Gasteiger partial charge < -0.3 is 0 Å². The van der Waals surface area contributed by atoms with Crippen LogP contribution in [0.1, 0.15) is 74.9 Å². The molecule has 0 amide bonds. The molecule has 1 aromatic carbocycles. The molecule has 0 nitrogen and oxygen atoms in total. The molecule has 0 unspecified atom stereocenters. The maximum absolute atomic E-state index is 2.44. The smallest absolute Gasteiger partial charge is 0.0389 e. The van der Waals surface area contributed by atoms with Crippen molar-refractivity contribution in [3.05, 3.63) is 45.8 Å². The molecular weight excluding hydrogens is 260 g/mol. The SMILES string of the molecule is CC(C)c1ccc2c(c1)C(C)(C)c1cc(C(C)C)sc1-2. The molecule has 1 aliphatic carbocycles. The highest BCUT2D eigenvalue weighted by Gasteiger charge is 2.37. The van der Waals surface area contributed by atoms with Gasteiger partial charge in [0.2, 0.25) is 0 Å². The Bertz CT molecular complexity index is 656. The lowest BCUT2D eigenvalue weighted by Crippen LogP contribution is -2.15. The van der Waals surface area contributed by atoms with Crippen LogP contribution in [0.2, 0.25) is 0 Å². The van der Waals surface area contributed by atoms with Crippen LogP contribution in [0.4, 0.5) is 0 Å². The van der Waals surface area contributed by atoms with Gasteiger partial charge in [0, 0.05) is 15.2 Å². The summed E-state index contributed by atoms with van der Waals surface area (Å²) in [5.41, 5.74) is 6.11. The van der Waals surface area contributed by atoms with E-state index in [9.17, 15) is 0 Å². The molecule has 106 valence electrons. The fourth-order valence-electron chi connectivity index (χ4n) is 3.14. The molecule has 1 aliphatic rings. The molecule has 20 heavy (non-hydrogen) atoms. The van der Waals surface area contributed by atoms with E-state index in [-0.39, 0.29) is 5.41 Å². The Balaban J connectivity index is 2.20. The zero-order chi connectivity index (χ0) is 14.7. The van der Waals surface area contributed by atoms with Gasteiger partial charge in [-0.05, 0) is 40.2 Å². The second kappa shape index (κ2) is 4.46. The highest BCUT2D eigenvalue weighted by atomic mass is 32.1. The maximum atomic E-state index is 2.44. The van der Waals surface area contributed by atoms with Gasteiger partial charge in [-0.15, -0.1) is 11.3 Å². The molecule has 1 heterocycles. The lowest BCUT2D eigenvalue weighted by Gasteiger charge is -2.22. The van der Waals surface area contributed by atoms with E-state index in [4.69, 9.17) is 0 Å². The summed E-state index contributed by atoms with van der Waals surface area (Å²) >= 11 is 1.99. The van der Waals surface area contributed by atoms with E-state index in [1.165, 1.54) is 32.0 Å². The summed E-state index contributed by atoms with van der Waals surface area (Å²) in [6, 6.07) is 9.53. The molecule has 1 aromatic heterocycles. The molecule has 0 saturated carbocycles. The number of thiophene rings is 1. The Hall–Kier alpha value is -1.08. The molecule has 0 aliphatic heterocycles. The Morgan fingerprint density at radius 1 is 0.900 bits per heavy atom. The van der Waals surface area contributed by atoms with Crippen molar-refractivity contribution in [2.75, 3.05) is 0 Å². The van der Waals surface area contributed by atoms with E-state index in [2.05, 4.69) is 65.8 Å². The van der Waals surface area contributed by atoms with E-state index < -0.39 is 0 Å². The molecule has 0 N–H and O–H groups in total. The first-order valence-corrected chi connectivity index (χ1v) is 8.43. The summed E-state index contributed by atoms with van der Waals surface area (Å²) < 4.78 is 0. The number of fused-ring (bicyclic) bond motifs is 3. The van der Waals surface area contributed by atoms with Crippen molar-refractivity contribution < 1.29 is 0 Å². The summed E-state index contributed by atoms with van der Waals surface area (Å²) in [6.45, 7) is 13.9. The lowest BCUT2D eigenvalue weighted by molar-refractivity contribution is 0.658. The molecule has 2 aromatic rings. The summed E-state index contributed by atoms with van der Waals surface area (Å²) in [7, 11) is 0. The summed E-state index contributed by atoms with van der Waals surface area (Å²) in [6.07, 6.45) is 0. The monoisotopic (exact) mass is 284 g/mol. The predicted molar refractivity (Wildman–Crippen MR) is 90.1 cm³/mol. The van der Waals surface area contributed by atoms with Crippen molar-refractivity contribution in [2.24, 2.45) is 0 Å². The zero-order valence-electron chi connectivity index (χ0n) is 13.4. The molecule has 1 heteroatoms. The van der Waals surface area contributed by atoms with Crippen molar-refractivity contribution in [1.29, 1.82) is 0 Å². The van der Waals surface area contributed by atoms with Crippen molar-refractivity contribution >= 4 is 11.3 Å². The molecule has 0 bridgehead atoms. The van der Waals surface area contributed by atoms with Crippen LogP contribution < -0.4 is 0 Å². The average Bonchev–Trinajstić information content (AvgIpc) is 2.90. The van der Waals surface area contributed by atoms with Gasteiger partial charge in [0.15, 0.2) is 0 Å². The van der Waals surface area contributed by atoms with Gasteiger partial charge in [-0.25, -0.2) is 0 Å². The third-order valence-electron chi connectivity index (χ3n) is 4.62. The number of hydrogen-bond acceptors (Lipinski definition) is 1. The molecular formula is C19H24S. The van der Waals surface area contributed by atoms with E-state index in [1.807, 2.05) is 11.3 Å². The van der Waals surface area contributed by atoms with E-state index in [0.29, 0.717) is 11.8 Å². The average molecular weight is 284 g/mol. The van der Waals surface area contributed by atoms with E-state index in [0.717, 1.165) is 0 Å². The largest absolute Gasteiger partial charge is 0.140 e. The van der Waals surface area contributed by atoms with E-state index >= 15 is 0 Å². The molecule has 0 saturated heterocycles. The van der Waals surface area contributed by atoms with Crippen molar-refractivity contribution in [3.8, 4) is 10.4 Å². The van der Waals surface area contributed by atoms with Gasteiger partial charge in [0.25, 0.3) is 0 Å². The minimum atomic E-state index is 0.152. The van der Waals surface area contributed by atoms with E-state index in [1.54, 1.807) is 0 Å². The molecule has 0 spiro atoms. The van der Waals surface area contributed by atoms with Crippen molar-refractivity contribution in [1.82, 2.24) is 0 Å². The standard InChI is InChI=1S/C19H24S/c1-11(2)13-7-8-14-15(9-13)19(5,6)16-10-17(12(3)4)20-18(14)16/h7-12H,1-6H3. The van der Waals surface area contributed by atoms with Crippen LogP contribution in [-0.4, -0.2) is 0 Å². The fourth-order valence-corrected chi connectivity index (χ4v) is 4.50. The third-order valence-corrected chi connectivity index (χ3v) is 6.09. The number of hydrogen-bond donors (Lipinski definition) is 0. The van der Waals surface area contributed by atoms with Gasteiger partial charge in [0.05, 0.1) is 0 Å². The van der Waals surface area contributed by atoms with Crippen LogP contribution in [0.25, 0.3) is 10.4 Å².